The number of aryl methyl sites for hydroxylation is 1. The quantitative estimate of drug-likeness (QED) is 0.341. The van der Waals surface area contributed by atoms with E-state index >= 15 is 0 Å². The summed E-state index contributed by atoms with van der Waals surface area (Å²) in [6.07, 6.45) is 14.5. The first-order chi connectivity index (χ1) is 12.2. The van der Waals surface area contributed by atoms with Gasteiger partial charge in [0.15, 0.2) is 11.1 Å². The predicted molar refractivity (Wildman–Crippen MR) is 110 cm³/mol. The van der Waals surface area contributed by atoms with Gasteiger partial charge in [-0.25, -0.2) is 4.21 Å². The van der Waals surface area contributed by atoms with E-state index < -0.39 is 11.1 Å². The number of hydrogen-bond donors (Lipinski definition) is 1. The fraction of sp³-hybridized carbons (Fsp3) is 0.545. The first-order valence-electron chi connectivity index (χ1n) is 9.85. The molecular formula is C22H33NaO2S. The molecule has 0 aliphatic heterocycles. The Hall–Kier alpha value is -0.190. The number of unbranched alkanes of at least 4 members (excludes halogenated alkanes) is 9. The van der Waals surface area contributed by atoms with Crippen LogP contribution >= 0.6 is 0 Å². The van der Waals surface area contributed by atoms with Gasteiger partial charge in [0.05, 0.1) is 4.90 Å². The molecule has 0 spiro atoms. The van der Waals surface area contributed by atoms with E-state index in [1.54, 1.807) is 6.07 Å². The summed E-state index contributed by atoms with van der Waals surface area (Å²) in [5.74, 6) is 0. The fourth-order valence-corrected chi connectivity index (χ4v) is 3.85. The average molecular weight is 385 g/mol. The van der Waals surface area contributed by atoms with Crippen LogP contribution in [0, 0.1) is 0 Å². The zero-order chi connectivity index (χ0) is 17.9. The molecule has 0 fully saturated rings. The van der Waals surface area contributed by atoms with Gasteiger partial charge in [0.1, 0.15) is 0 Å². The number of benzene rings is 2. The van der Waals surface area contributed by atoms with Crippen LogP contribution in [-0.4, -0.2) is 8.76 Å². The fourth-order valence-electron chi connectivity index (χ4n) is 3.45. The van der Waals surface area contributed by atoms with Crippen LogP contribution in [0.25, 0.3) is 10.8 Å². The van der Waals surface area contributed by atoms with Crippen molar-refractivity contribution in [2.24, 2.45) is 0 Å². The van der Waals surface area contributed by atoms with E-state index in [-0.39, 0.29) is 31.0 Å². The van der Waals surface area contributed by atoms with Crippen LogP contribution in [0.4, 0.5) is 0 Å². The first-order valence-corrected chi connectivity index (χ1v) is 11.0. The number of fused-ring (bicyclic) bond motifs is 1. The minimum Gasteiger partial charge on any atom is -1.00 e. The molecule has 0 saturated heterocycles. The van der Waals surface area contributed by atoms with Gasteiger partial charge < -0.3 is 5.98 Å². The predicted octanol–water partition coefficient (Wildman–Crippen LogP) is 4.00. The second-order valence-electron chi connectivity index (χ2n) is 6.98. The summed E-state index contributed by atoms with van der Waals surface area (Å²) in [5, 5.41) is 2.28. The van der Waals surface area contributed by atoms with Crippen molar-refractivity contribution in [1.82, 2.24) is 0 Å². The van der Waals surface area contributed by atoms with Crippen LogP contribution in [0.1, 0.15) is 78.1 Å². The van der Waals surface area contributed by atoms with Crippen molar-refractivity contribution in [2.75, 3.05) is 0 Å². The molecule has 2 aromatic carbocycles. The van der Waals surface area contributed by atoms with E-state index in [4.69, 9.17) is 0 Å². The molecule has 2 nitrogen and oxygen atoms in total. The summed E-state index contributed by atoms with van der Waals surface area (Å²) in [6, 6.07) is 11.9. The van der Waals surface area contributed by atoms with Crippen molar-refractivity contribution < 1.29 is 39.7 Å². The molecule has 1 atom stereocenters. The van der Waals surface area contributed by atoms with Crippen molar-refractivity contribution >= 4 is 21.9 Å². The van der Waals surface area contributed by atoms with Crippen LogP contribution in [0.5, 0.6) is 0 Å². The molecule has 0 aliphatic rings. The standard InChI is InChI=1S/C22H32O2S.Na.H/c1-2-3-4-5-6-7-8-9-10-11-13-19-14-12-15-20-16-17-21(25(23)24)18-22(19)20;;/h12,14-18H,2-11,13H2,1H3,(H,23,24);;/q;+1;-1. The molecule has 0 bridgehead atoms. The molecule has 0 radical (unpaired) electrons. The van der Waals surface area contributed by atoms with Gasteiger partial charge in [0, 0.05) is 0 Å². The van der Waals surface area contributed by atoms with Crippen molar-refractivity contribution in [1.29, 1.82) is 0 Å². The van der Waals surface area contributed by atoms with Crippen molar-refractivity contribution in [3.05, 3.63) is 42.0 Å². The first kappa shape index (κ1) is 23.8. The normalized spacial score (nSPS) is 12.1. The van der Waals surface area contributed by atoms with E-state index in [9.17, 15) is 8.76 Å². The van der Waals surface area contributed by atoms with Gasteiger partial charge in [-0.3, -0.25) is 0 Å². The Morgan fingerprint density at radius 2 is 1.50 bits per heavy atom. The summed E-state index contributed by atoms with van der Waals surface area (Å²) in [5.41, 5.74) is 1.30. The summed E-state index contributed by atoms with van der Waals surface area (Å²) in [7, 11) is 0. The second kappa shape index (κ2) is 13.9. The Morgan fingerprint density at radius 1 is 0.885 bits per heavy atom. The summed E-state index contributed by atoms with van der Waals surface area (Å²) in [4.78, 5) is 0.489. The van der Waals surface area contributed by atoms with Gasteiger partial charge in [-0.15, -0.1) is 0 Å². The Kier molecular flexibility index (Phi) is 12.8. The average Bonchev–Trinajstić information content (AvgIpc) is 2.63. The van der Waals surface area contributed by atoms with Crippen LogP contribution < -0.4 is 29.6 Å². The van der Waals surface area contributed by atoms with Crippen molar-refractivity contribution in [2.45, 2.75) is 82.4 Å². The molecule has 26 heavy (non-hydrogen) atoms. The summed E-state index contributed by atoms with van der Waals surface area (Å²) < 4.78 is 20.6. The van der Waals surface area contributed by atoms with E-state index in [2.05, 4.69) is 25.1 Å². The molecule has 0 heterocycles. The molecule has 0 amide bonds. The molecule has 1 unspecified atom stereocenters. The SMILES string of the molecule is CCCCCCCCCCCCc1cccc2ccc(S(=O)O)cc12.[H-].[Na+]. The maximum Gasteiger partial charge on any atom is 1.00 e. The molecule has 1 N–H and O–H groups in total. The van der Waals surface area contributed by atoms with E-state index in [1.807, 2.05) is 12.1 Å². The van der Waals surface area contributed by atoms with Gasteiger partial charge in [-0.05, 0) is 41.3 Å². The van der Waals surface area contributed by atoms with E-state index in [1.165, 1.54) is 69.8 Å². The van der Waals surface area contributed by atoms with E-state index in [0.717, 1.165) is 17.2 Å². The zero-order valence-electron chi connectivity index (χ0n) is 17.5. The van der Waals surface area contributed by atoms with Crippen molar-refractivity contribution in [3.63, 3.8) is 0 Å². The minimum atomic E-state index is -1.91. The second-order valence-corrected chi connectivity index (χ2v) is 7.95. The van der Waals surface area contributed by atoms with Gasteiger partial charge in [-0.2, -0.15) is 0 Å². The third-order valence-corrected chi connectivity index (χ3v) is 5.60. The Balaban J connectivity index is 0.00000338. The Labute approximate surface area is 185 Å². The monoisotopic (exact) mass is 384 g/mol. The topological polar surface area (TPSA) is 37.3 Å². The Bertz CT molecular complexity index is 678. The minimum absolute atomic E-state index is 0. The number of rotatable bonds is 12. The van der Waals surface area contributed by atoms with Gasteiger partial charge in [0.25, 0.3) is 0 Å². The molecule has 0 aliphatic carbocycles. The molecular weight excluding hydrogens is 351 g/mol. The maximum atomic E-state index is 11.3. The summed E-state index contributed by atoms with van der Waals surface area (Å²) in [6.45, 7) is 2.26. The smallest absolute Gasteiger partial charge is 1.00 e. The molecule has 2 aromatic rings. The maximum absolute atomic E-state index is 11.3. The van der Waals surface area contributed by atoms with Crippen LogP contribution in [0.15, 0.2) is 41.3 Å². The summed E-state index contributed by atoms with van der Waals surface area (Å²) >= 11 is -1.91. The van der Waals surface area contributed by atoms with Gasteiger partial charge in [-0.1, -0.05) is 89.0 Å². The Morgan fingerprint density at radius 3 is 2.12 bits per heavy atom. The van der Waals surface area contributed by atoms with Gasteiger partial charge in [0.2, 0.25) is 0 Å². The largest absolute Gasteiger partial charge is 1.00 e. The number of hydrogen-bond acceptors (Lipinski definition) is 1. The van der Waals surface area contributed by atoms with E-state index in [0.29, 0.717) is 4.90 Å². The zero-order valence-corrected chi connectivity index (χ0v) is 19.3. The van der Waals surface area contributed by atoms with Gasteiger partial charge >= 0.3 is 29.6 Å². The molecule has 4 heteroatoms. The molecule has 0 saturated carbocycles. The molecule has 140 valence electrons. The third-order valence-electron chi connectivity index (χ3n) is 4.95. The molecule has 2 rings (SSSR count). The van der Waals surface area contributed by atoms with Crippen LogP contribution in [0.3, 0.4) is 0 Å². The van der Waals surface area contributed by atoms with Crippen molar-refractivity contribution in [3.8, 4) is 0 Å². The molecule has 0 aromatic heterocycles. The van der Waals surface area contributed by atoms with Crippen LogP contribution in [0.2, 0.25) is 0 Å². The third kappa shape index (κ3) is 8.22. The van der Waals surface area contributed by atoms with Crippen LogP contribution in [-0.2, 0) is 17.5 Å².